The first-order valence-corrected chi connectivity index (χ1v) is 6.54. The average Bonchev–Trinajstić information content (AvgIpc) is 2.84. The smallest absolute Gasteiger partial charge is 0.417 e. The van der Waals surface area contributed by atoms with Crippen molar-refractivity contribution < 1.29 is 27.8 Å². The molecule has 1 aliphatic heterocycles. The van der Waals surface area contributed by atoms with Crippen molar-refractivity contribution in [2.75, 3.05) is 13.2 Å². The Kier molecular flexibility index (Phi) is 4.13. The van der Waals surface area contributed by atoms with Crippen molar-refractivity contribution in [2.24, 2.45) is 0 Å². The molecule has 1 atom stereocenters. The number of carbonyl (C=O) groups is 1. The van der Waals surface area contributed by atoms with Crippen LogP contribution in [0.1, 0.15) is 18.1 Å². The summed E-state index contributed by atoms with van der Waals surface area (Å²) in [4.78, 5) is 10.9. The number of nitrogens with one attached hydrogen (secondary N) is 1. The minimum Gasteiger partial charge on any atom is -0.493 e. The van der Waals surface area contributed by atoms with Gasteiger partial charge in [-0.05, 0) is 30.5 Å². The standard InChI is InChI=1S/C14H16F3NO3/c1-13(12(19)20,14(15,16)17)18-6-4-9-2-3-11-10(8-9)5-7-21-11/h2-3,8,18H,4-7H2,1H3,(H,19,20). The molecule has 0 fully saturated rings. The van der Waals surface area contributed by atoms with Crippen LogP contribution in [-0.2, 0) is 17.6 Å². The van der Waals surface area contributed by atoms with Crippen LogP contribution in [0.3, 0.4) is 0 Å². The van der Waals surface area contributed by atoms with E-state index in [-0.39, 0.29) is 6.54 Å². The Hall–Kier alpha value is -1.76. The second kappa shape index (κ2) is 5.55. The maximum atomic E-state index is 12.8. The maximum Gasteiger partial charge on any atom is 0.417 e. The average molecular weight is 303 g/mol. The number of benzene rings is 1. The van der Waals surface area contributed by atoms with E-state index in [4.69, 9.17) is 9.84 Å². The first-order chi connectivity index (χ1) is 9.74. The molecule has 0 amide bonds. The molecule has 2 N–H and O–H groups in total. The zero-order chi connectivity index (χ0) is 15.7. The summed E-state index contributed by atoms with van der Waals surface area (Å²) in [5.41, 5.74) is -1.06. The number of ether oxygens (including phenoxy) is 1. The highest BCUT2D eigenvalue weighted by molar-refractivity contribution is 5.79. The summed E-state index contributed by atoms with van der Waals surface area (Å²) in [5, 5.41) is 10.9. The number of carboxylic acid groups (broad SMARTS) is 1. The van der Waals surface area contributed by atoms with Crippen molar-refractivity contribution in [3.05, 3.63) is 29.3 Å². The molecule has 0 saturated carbocycles. The molecular formula is C14H16F3NO3. The topological polar surface area (TPSA) is 58.6 Å². The molecular weight excluding hydrogens is 287 g/mol. The molecule has 116 valence electrons. The van der Waals surface area contributed by atoms with Crippen molar-refractivity contribution >= 4 is 5.97 Å². The highest BCUT2D eigenvalue weighted by Crippen LogP contribution is 2.30. The predicted molar refractivity (Wildman–Crippen MR) is 69.4 cm³/mol. The van der Waals surface area contributed by atoms with E-state index < -0.39 is 17.7 Å². The van der Waals surface area contributed by atoms with E-state index in [0.717, 1.165) is 23.3 Å². The highest BCUT2D eigenvalue weighted by atomic mass is 19.4. The molecule has 0 aromatic heterocycles. The van der Waals surface area contributed by atoms with Gasteiger partial charge in [-0.25, -0.2) is 4.79 Å². The van der Waals surface area contributed by atoms with Crippen LogP contribution in [0.25, 0.3) is 0 Å². The van der Waals surface area contributed by atoms with Crippen LogP contribution >= 0.6 is 0 Å². The Labute approximate surface area is 119 Å². The molecule has 0 saturated heterocycles. The zero-order valence-electron chi connectivity index (χ0n) is 11.5. The Bertz CT molecular complexity index is 545. The van der Waals surface area contributed by atoms with E-state index >= 15 is 0 Å². The molecule has 2 rings (SSSR count). The van der Waals surface area contributed by atoms with Crippen LogP contribution in [0.2, 0.25) is 0 Å². The summed E-state index contributed by atoms with van der Waals surface area (Å²) in [5.74, 6) is -1.13. The number of carboxylic acids is 1. The van der Waals surface area contributed by atoms with Crippen LogP contribution in [0.4, 0.5) is 13.2 Å². The summed E-state index contributed by atoms with van der Waals surface area (Å²) < 4.78 is 43.7. The number of alkyl halides is 3. The lowest BCUT2D eigenvalue weighted by molar-refractivity contribution is -0.205. The lowest BCUT2D eigenvalue weighted by atomic mass is 10.0. The van der Waals surface area contributed by atoms with Gasteiger partial charge in [-0.15, -0.1) is 0 Å². The molecule has 0 bridgehead atoms. The molecule has 1 heterocycles. The summed E-state index contributed by atoms with van der Waals surface area (Å²) in [7, 11) is 0. The van der Waals surface area contributed by atoms with Gasteiger partial charge in [0.15, 0.2) is 0 Å². The van der Waals surface area contributed by atoms with Crippen LogP contribution in [-0.4, -0.2) is 35.9 Å². The Morgan fingerprint density at radius 1 is 1.43 bits per heavy atom. The van der Waals surface area contributed by atoms with Crippen molar-refractivity contribution in [3.8, 4) is 5.75 Å². The van der Waals surface area contributed by atoms with Crippen molar-refractivity contribution in [1.82, 2.24) is 5.32 Å². The molecule has 4 nitrogen and oxygen atoms in total. The fourth-order valence-electron chi connectivity index (χ4n) is 2.15. The van der Waals surface area contributed by atoms with E-state index in [0.29, 0.717) is 20.0 Å². The van der Waals surface area contributed by atoms with Gasteiger partial charge in [0.2, 0.25) is 5.54 Å². The van der Waals surface area contributed by atoms with Gasteiger partial charge in [-0.1, -0.05) is 12.1 Å². The van der Waals surface area contributed by atoms with Gasteiger partial charge in [-0.3, -0.25) is 5.32 Å². The Morgan fingerprint density at radius 2 is 2.14 bits per heavy atom. The van der Waals surface area contributed by atoms with Crippen molar-refractivity contribution in [3.63, 3.8) is 0 Å². The predicted octanol–water partition coefficient (Wildman–Crippen LogP) is 2.16. The molecule has 21 heavy (non-hydrogen) atoms. The van der Waals surface area contributed by atoms with E-state index in [1.807, 2.05) is 6.07 Å². The van der Waals surface area contributed by atoms with Gasteiger partial charge in [-0.2, -0.15) is 13.2 Å². The first kappa shape index (κ1) is 15.6. The molecule has 1 aromatic rings. The minimum absolute atomic E-state index is 0.0814. The number of rotatable bonds is 5. The largest absolute Gasteiger partial charge is 0.493 e. The maximum absolute atomic E-state index is 12.8. The minimum atomic E-state index is -4.86. The molecule has 0 radical (unpaired) electrons. The van der Waals surface area contributed by atoms with Gasteiger partial charge < -0.3 is 9.84 Å². The van der Waals surface area contributed by atoms with Gasteiger partial charge in [0.1, 0.15) is 5.75 Å². The first-order valence-electron chi connectivity index (χ1n) is 6.54. The lowest BCUT2D eigenvalue weighted by Gasteiger charge is -2.28. The Morgan fingerprint density at radius 3 is 2.76 bits per heavy atom. The van der Waals surface area contributed by atoms with Crippen molar-refractivity contribution in [1.29, 1.82) is 0 Å². The van der Waals surface area contributed by atoms with Crippen LogP contribution < -0.4 is 10.1 Å². The third-order valence-electron chi connectivity index (χ3n) is 3.64. The quantitative estimate of drug-likeness (QED) is 0.875. The third kappa shape index (κ3) is 3.12. The van der Waals surface area contributed by atoms with Crippen LogP contribution in [0, 0.1) is 0 Å². The second-order valence-electron chi connectivity index (χ2n) is 5.15. The van der Waals surface area contributed by atoms with E-state index in [1.54, 1.807) is 12.1 Å². The zero-order valence-corrected chi connectivity index (χ0v) is 11.5. The van der Waals surface area contributed by atoms with Gasteiger partial charge >= 0.3 is 12.1 Å². The van der Waals surface area contributed by atoms with E-state index in [9.17, 15) is 18.0 Å². The highest BCUT2D eigenvalue weighted by Gasteiger charge is 2.56. The second-order valence-corrected chi connectivity index (χ2v) is 5.15. The summed E-state index contributed by atoms with van der Waals surface area (Å²) >= 11 is 0. The van der Waals surface area contributed by atoms with Crippen molar-refractivity contribution in [2.45, 2.75) is 31.5 Å². The summed E-state index contributed by atoms with van der Waals surface area (Å²) in [6, 6.07) is 5.45. The SMILES string of the molecule is CC(NCCc1ccc2c(c1)CCO2)(C(=O)O)C(F)(F)F. The number of fused-ring (bicyclic) bond motifs is 1. The molecule has 1 unspecified atom stereocenters. The van der Waals surface area contributed by atoms with Crippen LogP contribution in [0.15, 0.2) is 18.2 Å². The molecule has 1 aliphatic rings. The molecule has 0 aliphatic carbocycles. The molecule has 0 spiro atoms. The number of halogens is 3. The lowest BCUT2D eigenvalue weighted by Crippen LogP contribution is -2.60. The molecule has 1 aromatic carbocycles. The number of aliphatic carboxylic acids is 1. The van der Waals surface area contributed by atoms with E-state index in [2.05, 4.69) is 5.32 Å². The third-order valence-corrected chi connectivity index (χ3v) is 3.64. The van der Waals surface area contributed by atoms with E-state index in [1.165, 1.54) is 0 Å². The van der Waals surface area contributed by atoms with Gasteiger partial charge in [0.25, 0.3) is 0 Å². The van der Waals surface area contributed by atoms with Crippen LogP contribution in [0.5, 0.6) is 5.75 Å². The fraction of sp³-hybridized carbons (Fsp3) is 0.500. The number of hydrogen-bond donors (Lipinski definition) is 2. The number of hydrogen-bond acceptors (Lipinski definition) is 3. The Balaban J connectivity index is 1.98. The van der Waals surface area contributed by atoms with Gasteiger partial charge in [0, 0.05) is 13.0 Å². The fourth-order valence-corrected chi connectivity index (χ4v) is 2.15. The summed E-state index contributed by atoms with van der Waals surface area (Å²) in [6.45, 7) is 1.16. The molecule has 7 heteroatoms. The van der Waals surface area contributed by atoms with Gasteiger partial charge in [0.05, 0.1) is 6.61 Å². The monoisotopic (exact) mass is 303 g/mol. The normalized spacial score (nSPS) is 17.0. The summed E-state index contributed by atoms with van der Waals surface area (Å²) in [6.07, 6.45) is -3.76.